The van der Waals surface area contributed by atoms with E-state index in [9.17, 15) is 29.4 Å². The number of hydrogen-bond donors (Lipinski definition) is 2. The lowest BCUT2D eigenvalue weighted by Gasteiger charge is -2.41. The van der Waals surface area contributed by atoms with Gasteiger partial charge in [0, 0.05) is 24.8 Å². The van der Waals surface area contributed by atoms with Gasteiger partial charge in [0.15, 0.2) is 17.3 Å². The Kier molecular flexibility index (Phi) is 7.69. The van der Waals surface area contributed by atoms with E-state index in [1.54, 1.807) is 47.6 Å². The molecule has 8 atom stereocenters. The predicted molar refractivity (Wildman–Crippen MR) is 130 cm³/mol. The fraction of sp³-hybridized carbons (Fsp3) is 0.704. The van der Waals surface area contributed by atoms with Crippen LogP contribution in [0.15, 0.2) is 22.8 Å². The van der Waals surface area contributed by atoms with Crippen molar-refractivity contribution in [3.8, 4) is 0 Å². The van der Waals surface area contributed by atoms with Gasteiger partial charge in [0.05, 0.1) is 5.92 Å². The van der Waals surface area contributed by atoms with Crippen molar-refractivity contribution in [3.05, 3.63) is 22.8 Å². The molecule has 0 aromatic rings. The smallest absolute Gasteiger partial charge is 0.341 e. The van der Waals surface area contributed by atoms with Gasteiger partial charge in [-0.1, -0.05) is 19.9 Å². The second kappa shape index (κ2) is 9.87. The van der Waals surface area contributed by atoms with Gasteiger partial charge >= 0.3 is 23.9 Å². The first-order valence-electron chi connectivity index (χ1n) is 12.6. The Hall–Kier alpha value is -2.72. The van der Waals surface area contributed by atoms with Crippen molar-refractivity contribution < 1.29 is 48.3 Å². The van der Waals surface area contributed by atoms with E-state index in [-0.39, 0.29) is 12.8 Å². The molecule has 8 unspecified atom stereocenters. The van der Waals surface area contributed by atoms with Crippen LogP contribution in [0.2, 0.25) is 0 Å². The third kappa shape index (κ3) is 4.58. The molecule has 1 saturated heterocycles. The zero-order valence-corrected chi connectivity index (χ0v) is 22.7. The summed E-state index contributed by atoms with van der Waals surface area (Å²) in [5, 5.41) is 23.4. The van der Waals surface area contributed by atoms with Crippen LogP contribution in [0.1, 0.15) is 74.7 Å². The third-order valence-corrected chi connectivity index (χ3v) is 8.32. The highest BCUT2D eigenvalue weighted by molar-refractivity contribution is 5.88. The highest BCUT2D eigenvalue weighted by Gasteiger charge is 2.74. The zero-order chi connectivity index (χ0) is 28.1. The van der Waals surface area contributed by atoms with Crippen LogP contribution >= 0.6 is 0 Å². The van der Waals surface area contributed by atoms with E-state index in [4.69, 9.17) is 18.9 Å². The second-order valence-electron chi connectivity index (χ2n) is 10.8. The normalized spacial score (nSPS) is 38.2. The van der Waals surface area contributed by atoms with Crippen molar-refractivity contribution in [1.82, 2.24) is 0 Å². The van der Waals surface area contributed by atoms with E-state index in [2.05, 4.69) is 0 Å². The van der Waals surface area contributed by atoms with Crippen molar-refractivity contribution in [2.24, 2.45) is 11.8 Å². The van der Waals surface area contributed by atoms with E-state index in [1.807, 2.05) is 0 Å². The van der Waals surface area contributed by atoms with Gasteiger partial charge in [-0.15, -0.1) is 0 Å². The van der Waals surface area contributed by atoms with Crippen molar-refractivity contribution >= 4 is 23.9 Å². The Morgan fingerprint density at radius 1 is 1.19 bits per heavy atom. The molecule has 2 N–H and O–H groups in total. The van der Waals surface area contributed by atoms with Gasteiger partial charge < -0.3 is 29.2 Å². The summed E-state index contributed by atoms with van der Waals surface area (Å²) in [7, 11) is 0. The Labute approximate surface area is 217 Å². The van der Waals surface area contributed by atoms with Crippen molar-refractivity contribution in [2.75, 3.05) is 0 Å². The molecular formula is C27H38O10. The lowest BCUT2D eigenvalue weighted by Crippen LogP contribution is -2.64. The van der Waals surface area contributed by atoms with Crippen LogP contribution in [-0.2, 0) is 38.1 Å². The highest BCUT2D eigenvalue weighted by atomic mass is 16.6. The average Bonchev–Trinajstić information content (AvgIpc) is 3.20. The van der Waals surface area contributed by atoms with Gasteiger partial charge in [-0.05, 0) is 58.6 Å². The Balaban J connectivity index is 2.21. The minimum absolute atomic E-state index is 0.173. The lowest BCUT2D eigenvalue weighted by molar-refractivity contribution is -0.212. The number of carbonyl (C=O) groups excluding carboxylic acids is 4. The molecule has 2 aliphatic carbocycles. The van der Waals surface area contributed by atoms with Gasteiger partial charge in [-0.3, -0.25) is 9.59 Å². The molecule has 0 amide bonds. The number of hydrogen-bond acceptors (Lipinski definition) is 10. The molecular weight excluding hydrogens is 484 g/mol. The molecule has 1 saturated carbocycles. The molecule has 3 rings (SSSR count). The van der Waals surface area contributed by atoms with Crippen LogP contribution in [0.5, 0.6) is 0 Å². The highest BCUT2D eigenvalue weighted by Crippen LogP contribution is 2.56. The van der Waals surface area contributed by atoms with E-state index < -0.39 is 70.8 Å². The number of ether oxygens (including phenoxy) is 4. The molecule has 0 spiro atoms. The Morgan fingerprint density at radius 3 is 2.35 bits per heavy atom. The van der Waals surface area contributed by atoms with Gasteiger partial charge in [-0.25, -0.2) is 9.59 Å². The van der Waals surface area contributed by atoms with Gasteiger partial charge in [-0.2, -0.15) is 0 Å². The molecule has 0 radical (unpaired) electrons. The second-order valence-corrected chi connectivity index (χ2v) is 10.8. The molecule has 2 fully saturated rings. The fourth-order valence-electron chi connectivity index (χ4n) is 5.60. The van der Waals surface area contributed by atoms with Gasteiger partial charge in [0.2, 0.25) is 0 Å². The summed E-state index contributed by atoms with van der Waals surface area (Å²) in [6.45, 7) is 12.4. The standard InChI is InChI=1S/C27H38O10/c1-9-13(3)22(29)34-18-11-17-20(15(18)5)21-27(33,26(8,32)24(31)36-21)19(35-23(30)14(4)10-2)12-25(17,7)37-16(6)28/h9,14,17-19,21,32-33H,10-12H2,1-8H3. The van der Waals surface area contributed by atoms with Crippen LogP contribution in [0.4, 0.5) is 0 Å². The number of carbonyl (C=O) groups is 4. The number of esters is 4. The maximum atomic E-state index is 12.9. The minimum Gasteiger partial charge on any atom is -0.459 e. The van der Waals surface area contributed by atoms with Crippen LogP contribution in [0, 0.1) is 11.8 Å². The first-order valence-corrected chi connectivity index (χ1v) is 12.6. The van der Waals surface area contributed by atoms with Crippen LogP contribution in [-0.4, -0.2) is 69.2 Å². The monoisotopic (exact) mass is 522 g/mol. The van der Waals surface area contributed by atoms with E-state index >= 15 is 0 Å². The predicted octanol–water partition coefficient (Wildman–Crippen LogP) is 2.29. The molecule has 0 aromatic heterocycles. The molecule has 3 aliphatic rings. The first kappa shape index (κ1) is 28.8. The largest absolute Gasteiger partial charge is 0.459 e. The lowest BCUT2D eigenvalue weighted by atomic mass is 9.75. The van der Waals surface area contributed by atoms with Crippen molar-refractivity contribution in [1.29, 1.82) is 0 Å². The molecule has 0 bridgehead atoms. The summed E-state index contributed by atoms with van der Waals surface area (Å²) in [6, 6.07) is 0. The maximum absolute atomic E-state index is 12.9. The SMILES string of the molecule is CC=C(C)C(=O)OC1CC2C(=C1C)C1OC(=O)C(C)(O)C1(O)C(OC(=O)C(C)CC)CC2(C)OC(C)=O. The Bertz CT molecular complexity index is 1060. The summed E-state index contributed by atoms with van der Waals surface area (Å²) < 4.78 is 22.9. The van der Waals surface area contributed by atoms with Gasteiger partial charge in [0.25, 0.3) is 0 Å². The summed E-state index contributed by atoms with van der Waals surface area (Å²) in [4.78, 5) is 50.5. The molecule has 0 aromatic carbocycles. The topological polar surface area (TPSA) is 146 Å². The summed E-state index contributed by atoms with van der Waals surface area (Å²) >= 11 is 0. The molecule has 10 nitrogen and oxygen atoms in total. The molecule has 37 heavy (non-hydrogen) atoms. The maximum Gasteiger partial charge on any atom is 0.341 e. The molecule has 10 heteroatoms. The Morgan fingerprint density at radius 2 is 1.81 bits per heavy atom. The average molecular weight is 523 g/mol. The summed E-state index contributed by atoms with van der Waals surface area (Å²) in [5.74, 6) is -4.06. The minimum atomic E-state index is -2.45. The zero-order valence-electron chi connectivity index (χ0n) is 22.7. The van der Waals surface area contributed by atoms with Gasteiger partial charge in [0.1, 0.15) is 17.8 Å². The van der Waals surface area contributed by atoms with Crippen LogP contribution in [0.3, 0.4) is 0 Å². The van der Waals surface area contributed by atoms with Crippen molar-refractivity contribution in [3.63, 3.8) is 0 Å². The summed E-state index contributed by atoms with van der Waals surface area (Å²) in [6.07, 6.45) is -1.63. The fourth-order valence-corrected chi connectivity index (χ4v) is 5.60. The first-order chi connectivity index (χ1) is 17.0. The van der Waals surface area contributed by atoms with E-state index in [1.165, 1.54) is 6.92 Å². The van der Waals surface area contributed by atoms with Crippen molar-refractivity contribution in [2.45, 2.75) is 110 Å². The number of rotatable bonds is 6. The van der Waals surface area contributed by atoms with Crippen LogP contribution < -0.4 is 0 Å². The number of aliphatic hydroxyl groups is 2. The van der Waals surface area contributed by atoms with E-state index in [0.717, 1.165) is 6.92 Å². The quantitative estimate of drug-likeness (QED) is 0.231. The van der Waals surface area contributed by atoms with Crippen LogP contribution in [0.25, 0.3) is 0 Å². The summed E-state index contributed by atoms with van der Waals surface area (Å²) in [5.41, 5.74) is -4.94. The number of fused-ring (bicyclic) bond motifs is 3. The molecule has 1 aliphatic heterocycles. The third-order valence-electron chi connectivity index (χ3n) is 8.32. The number of allylic oxidation sites excluding steroid dienone is 1. The van der Waals surface area contributed by atoms with E-state index in [0.29, 0.717) is 23.1 Å². The molecule has 206 valence electrons. The molecule has 1 heterocycles.